The average Bonchev–Trinajstić information content (AvgIpc) is 2.46. The lowest BCUT2D eigenvalue weighted by Crippen LogP contribution is -2.47. The molecule has 0 amide bonds. The molecule has 1 saturated heterocycles. The second kappa shape index (κ2) is 7.05. The lowest BCUT2D eigenvalue weighted by molar-refractivity contribution is -0.0566. The molecule has 0 bridgehead atoms. The zero-order chi connectivity index (χ0) is 15.4. The molecule has 0 saturated carbocycles. The largest absolute Gasteiger partial charge is 0.490 e. The van der Waals surface area contributed by atoms with E-state index in [0.717, 1.165) is 42.9 Å². The standard InChI is InChI=1S/C17H25NO3/c1-12(2)18-5-6-20-16(9-18)11-21-17-13(3)7-15(10-19)8-14(17)4/h7-8,10,12,16H,5-6,9,11H2,1-4H3. The van der Waals surface area contributed by atoms with Crippen LogP contribution in [0.1, 0.15) is 35.3 Å². The number of rotatable bonds is 5. The Hall–Kier alpha value is -1.39. The molecule has 0 N–H and O–H groups in total. The summed E-state index contributed by atoms with van der Waals surface area (Å²) in [5, 5.41) is 0. The van der Waals surface area contributed by atoms with Crippen LogP contribution in [0.5, 0.6) is 5.75 Å². The van der Waals surface area contributed by atoms with E-state index in [1.54, 1.807) is 0 Å². The van der Waals surface area contributed by atoms with E-state index in [1.807, 2.05) is 26.0 Å². The van der Waals surface area contributed by atoms with E-state index >= 15 is 0 Å². The minimum Gasteiger partial charge on any atom is -0.490 e. The number of nitrogens with zero attached hydrogens (tertiary/aromatic N) is 1. The normalized spacial score (nSPS) is 19.8. The first-order chi connectivity index (χ1) is 10.0. The number of aldehydes is 1. The smallest absolute Gasteiger partial charge is 0.150 e. The molecule has 0 aliphatic carbocycles. The number of benzene rings is 1. The van der Waals surface area contributed by atoms with Crippen molar-refractivity contribution in [2.75, 3.05) is 26.3 Å². The number of morpholine rings is 1. The van der Waals surface area contributed by atoms with E-state index in [-0.39, 0.29) is 6.10 Å². The summed E-state index contributed by atoms with van der Waals surface area (Å²) in [5.41, 5.74) is 2.68. The second-order valence-electron chi connectivity index (χ2n) is 5.99. The van der Waals surface area contributed by atoms with Crippen molar-refractivity contribution in [3.63, 3.8) is 0 Å². The van der Waals surface area contributed by atoms with Crippen LogP contribution in [0.25, 0.3) is 0 Å². The van der Waals surface area contributed by atoms with Crippen LogP contribution in [-0.4, -0.2) is 49.6 Å². The number of aryl methyl sites for hydroxylation is 2. The zero-order valence-corrected chi connectivity index (χ0v) is 13.4. The Labute approximate surface area is 127 Å². The number of carbonyl (C=O) groups is 1. The highest BCUT2D eigenvalue weighted by Crippen LogP contribution is 2.25. The summed E-state index contributed by atoms with van der Waals surface area (Å²) >= 11 is 0. The summed E-state index contributed by atoms with van der Waals surface area (Å²) in [6.07, 6.45) is 0.972. The van der Waals surface area contributed by atoms with Gasteiger partial charge in [-0.15, -0.1) is 0 Å². The summed E-state index contributed by atoms with van der Waals surface area (Å²) in [6.45, 7) is 11.5. The van der Waals surface area contributed by atoms with Crippen LogP contribution in [0.15, 0.2) is 12.1 Å². The van der Waals surface area contributed by atoms with Crippen LogP contribution in [0.2, 0.25) is 0 Å². The van der Waals surface area contributed by atoms with Crippen molar-refractivity contribution in [2.45, 2.75) is 39.8 Å². The van der Waals surface area contributed by atoms with Crippen molar-refractivity contribution in [3.8, 4) is 5.75 Å². The summed E-state index contributed by atoms with van der Waals surface area (Å²) in [7, 11) is 0. The highest BCUT2D eigenvalue weighted by Gasteiger charge is 2.23. The van der Waals surface area contributed by atoms with Gasteiger partial charge in [-0.25, -0.2) is 0 Å². The third-order valence-corrected chi connectivity index (χ3v) is 3.93. The molecule has 1 heterocycles. The number of ether oxygens (including phenoxy) is 2. The fourth-order valence-corrected chi connectivity index (χ4v) is 2.77. The highest BCUT2D eigenvalue weighted by molar-refractivity contribution is 5.76. The maximum atomic E-state index is 10.9. The van der Waals surface area contributed by atoms with Crippen molar-refractivity contribution < 1.29 is 14.3 Å². The molecule has 0 spiro atoms. The van der Waals surface area contributed by atoms with Crippen LogP contribution in [0.3, 0.4) is 0 Å². The second-order valence-corrected chi connectivity index (χ2v) is 5.99. The van der Waals surface area contributed by atoms with Gasteiger partial charge in [-0.3, -0.25) is 9.69 Å². The fraction of sp³-hybridized carbons (Fsp3) is 0.588. The molecular formula is C17H25NO3. The van der Waals surface area contributed by atoms with Gasteiger partial charge < -0.3 is 9.47 Å². The lowest BCUT2D eigenvalue weighted by Gasteiger charge is -2.35. The van der Waals surface area contributed by atoms with Gasteiger partial charge in [0, 0.05) is 24.7 Å². The van der Waals surface area contributed by atoms with E-state index < -0.39 is 0 Å². The Morgan fingerprint density at radius 1 is 1.38 bits per heavy atom. The van der Waals surface area contributed by atoms with Crippen LogP contribution in [0.4, 0.5) is 0 Å². The predicted octanol–water partition coefficient (Wildman–Crippen LogP) is 2.60. The number of carbonyl (C=O) groups excluding carboxylic acids is 1. The van der Waals surface area contributed by atoms with Crippen molar-refractivity contribution in [1.82, 2.24) is 4.90 Å². The molecule has 1 aliphatic rings. The van der Waals surface area contributed by atoms with Crippen LogP contribution in [-0.2, 0) is 4.74 Å². The van der Waals surface area contributed by atoms with E-state index in [9.17, 15) is 4.79 Å². The lowest BCUT2D eigenvalue weighted by atomic mass is 10.1. The van der Waals surface area contributed by atoms with Gasteiger partial charge in [0.2, 0.25) is 0 Å². The quantitative estimate of drug-likeness (QED) is 0.782. The molecule has 21 heavy (non-hydrogen) atoms. The fourth-order valence-electron chi connectivity index (χ4n) is 2.77. The van der Waals surface area contributed by atoms with Gasteiger partial charge in [0.05, 0.1) is 6.61 Å². The summed E-state index contributed by atoms with van der Waals surface area (Å²) < 4.78 is 11.7. The molecule has 2 rings (SSSR count). The third-order valence-electron chi connectivity index (χ3n) is 3.93. The molecular weight excluding hydrogens is 266 g/mol. The Balaban J connectivity index is 1.98. The third kappa shape index (κ3) is 4.05. The minimum absolute atomic E-state index is 0.102. The SMILES string of the molecule is Cc1cc(C=O)cc(C)c1OCC1CN(C(C)C)CCO1. The molecule has 0 radical (unpaired) electrons. The molecule has 0 aromatic heterocycles. The maximum absolute atomic E-state index is 10.9. The Bertz CT molecular complexity index is 476. The van der Waals surface area contributed by atoms with Crippen LogP contribution >= 0.6 is 0 Å². The first-order valence-electron chi connectivity index (χ1n) is 7.56. The van der Waals surface area contributed by atoms with E-state index in [0.29, 0.717) is 18.2 Å². The maximum Gasteiger partial charge on any atom is 0.150 e. The van der Waals surface area contributed by atoms with E-state index in [2.05, 4.69) is 18.7 Å². The summed E-state index contributed by atoms with van der Waals surface area (Å²) in [4.78, 5) is 13.3. The van der Waals surface area contributed by atoms with E-state index in [4.69, 9.17) is 9.47 Å². The van der Waals surface area contributed by atoms with Crippen molar-refractivity contribution in [3.05, 3.63) is 28.8 Å². The minimum atomic E-state index is 0.102. The molecule has 1 aliphatic heterocycles. The van der Waals surface area contributed by atoms with Gasteiger partial charge in [0.1, 0.15) is 24.7 Å². The number of hydrogen-bond donors (Lipinski definition) is 0. The van der Waals surface area contributed by atoms with Crippen LogP contribution < -0.4 is 4.74 Å². The van der Waals surface area contributed by atoms with Crippen molar-refractivity contribution in [2.24, 2.45) is 0 Å². The Kier molecular flexibility index (Phi) is 5.37. The molecule has 4 nitrogen and oxygen atoms in total. The highest BCUT2D eigenvalue weighted by atomic mass is 16.5. The number of hydrogen-bond acceptors (Lipinski definition) is 4. The predicted molar refractivity (Wildman–Crippen MR) is 83.2 cm³/mol. The van der Waals surface area contributed by atoms with Gasteiger partial charge in [-0.2, -0.15) is 0 Å². The molecule has 1 aromatic rings. The van der Waals surface area contributed by atoms with Gasteiger partial charge in [0.15, 0.2) is 0 Å². The first kappa shape index (κ1) is 16.0. The average molecular weight is 291 g/mol. The van der Waals surface area contributed by atoms with Crippen molar-refractivity contribution >= 4 is 6.29 Å². The Morgan fingerprint density at radius 3 is 2.62 bits per heavy atom. The summed E-state index contributed by atoms with van der Waals surface area (Å²) in [6, 6.07) is 4.25. The molecule has 1 fully saturated rings. The molecule has 4 heteroatoms. The van der Waals surface area contributed by atoms with Gasteiger partial charge >= 0.3 is 0 Å². The zero-order valence-electron chi connectivity index (χ0n) is 13.4. The summed E-state index contributed by atoms with van der Waals surface area (Å²) in [5.74, 6) is 0.867. The van der Waals surface area contributed by atoms with Gasteiger partial charge in [-0.05, 0) is 51.0 Å². The van der Waals surface area contributed by atoms with Gasteiger partial charge in [0.25, 0.3) is 0 Å². The monoisotopic (exact) mass is 291 g/mol. The topological polar surface area (TPSA) is 38.8 Å². The van der Waals surface area contributed by atoms with Gasteiger partial charge in [-0.1, -0.05) is 0 Å². The molecule has 1 atom stereocenters. The van der Waals surface area contributed by atoms with E-state index in [1.165, 1.54) is 0 Å². The Morgan fingerprint density at radius 2 is 2.05 bits per heavy atom. The molecule has 1 unspecified atom stereocenters. The van der Waals surface area contributed by atoms with Crippen molar-refractivity contribution in [1.29, 1.82) is 0 Å². The van der Waals surface area contributed by atoms with Crippen LogP contribution in [0, 0.1) is 13.8 Å². The molecule has 1 aromatic carbocycles. The first-order valence-corrected chi connectivity index (χ1v) is 7.56. The molecule has 116 valence electrons.